The van der Waals surface area contributed by atoms with E-state index in [0.717, 1.165) is 5.56 Å². The molecular weight excluding hydrogens is 286 g/mol. The molecule has 1 N–H and O–H groups in total. The zero-order chi connectivity index (χ0) is 15.2. The highest BCUT2D eigenvalue weighted by atomic mass is 35.5. The Bertz CT molecular complexity index is 610. The van der Waals surface area contributed by atoms with E-state index < -0.39 is 0 Å². The summed E-state index contributed by atoms with van der Waals surface area (Å²) >= 11 is 5.86. The van der Waals surface area contributed by atoms with Gasteiger partial charge in [0.1, 0.15) is 5.75 Å². The molecule has 2 aromatic rings. The standard InChI is InChI=1S/C17H18ClNO2/c1-12-6-8-14(9-7-12)13(2)19-17(20)11-21-16-5-3-4-15(18)10-16/h3-10,13H,11H2,1-2H3,(H,19,20). The molecule has 0 spiro atoms. The second kappa shape index (κ2) is 7.14. The Labute approximate surface area is 129 Å². The number of carbonyl (C=O) groups excluding carboxylic acids is 1. The summed E-state index contributed by atoms with van der Waals surface area (Å²) in [5.41, 5.74) is 2.26. The van der Waals surface area contributed by atoms with Crippen LogP contribution >= 0.6 is 11.6 Å². The Kier molecular flexibility index (Phi) is 5.23. The van der Waals surface area contributed by atoms with Crippen LogP contribution in [0, 0.1) is 6.92 Å². The highest BCUT2D eigenvalue weighted by molar-refractivity contribution is 6.30. The quantitative estimate of drug-likeness (QED) is 0.909. The van der Waals surface area contributed by atoms with E-state index in [-0.39, 0.29) is 18.6 Å². The number of nitrogens with one attached hydrogen (secondary N) is 1. The molecule has 0 fully saturated rings. The van der Waals surface area contributed by atoms with Crippen LogP contribution in [0.4, 0.5) is 0 Å². The first-order valence-electron chi connectivity index (χ1n) is 6.79. The average molecular weight is 304 g/mol. The summed E-state index contributed by atoms with van der Waals surface area (Å²) in [5, 5.41) is 3.49. The monoisotopic (exact) mass is 303 g/mol. The van der Waals surface area contributed by atoms with Gasteiger partial charge in [-0.1, -0.05) is 47.5 Å². The van der Waals surface area contributed by atoms with Crippen LogP contribution in [0.3, 0.4) is 0 Å². The molecule has 0 heterocycles. The number of amides is 1. The minimum atomic E-state index is -0.164. The van der Waals surface area contributed by atoms with Crippen LogP contribution in [0.15, 0.2) is 48.5 Å². The molecule has 1 amide bonds. The Morgan fingerprint density at radius 3 is 2.62 bits per heavy atom. The molecule has 4 heteroatoms. The molecule has 0 saturated heterocycles. The third-order valence-corrected chi connectivity index (χ3v) is 3.36. The molecule has 0 aliphatic rings. The summed E-state index contributed by atoms with van der Waals surface area (Å²) in [6, 6.07) is 15.0. The van der Waals surface area contributed by atoms with Crippen molar-refractivity contribution in [1.29, 1.82) is 0 Å². The predicted octanol–water partition coefficient (Wildman–Crippen LogP) is 3.90. The van der Waals surface area contributed by atoms with Gasteiger partial charge in [-0.3, -0.25) is 4.79 Å². The summed E-state index contributed by atoms with van der Waals surface area (Å²) in [4.78, 5) is 11.9. The SMILES string of the molecule is Cc1ccc(C(C)NC(=O)COc2cccc(Cl)c2)cc1. The Morgan fingerprint density at radius 2 is 1.95 bits per heavy atom. The van der Waals surface area contributed by atoms with Gasteiger partial charge in [0, 0.05) is 5.02 Å². The first-order valence-corrected chi connectivity index (χ1v) is 7.16. The van der Waals surface area contributed by atoms with Crippen molar-refractivity contribution in [3.05, 3.63) is 64.7 Å². The van der Waals surface area contributed by atoms with Gasteiger partial charge in [-0.05, 0) is 37.6 Å². The van der Waals surface area contributed by atoms with Crippen LogP contribution < -0.4 is 10.1 Å². The van der Waals surface area contributed by atoms with Crippen LogP contribution in [0.1, 0.15) is 24.1 Å². The summed E-state index contributed by atoms with van der Waals surface area (Å²) in [7, 11) is 0. The van der Waals surface area contributed by atoms with Gasteiger partial charge in [0.15, 0.2) is 6.61 Å². The van der Waals surface area contributed by atoms with Crippen molar-refractivity contribution < 1.29 is 9.53 Å². The van der Waals surface area contributed by atoms with Crippen LogP contribution in [-0.2, 0) is 4.79 Å². The van der Waals surface area contributed by atoms with Crippen molar-refractivity contribution in [3.8, 4) is 5.75 Å². The number of hydrogen-bond donors (Lipinski definition) is 1. The third-order valence-electron chi connectivity index (χ3n) is 3.12. The maximum Gasteiger partial charge on any atom is 0.258 e. The lowest BCUT2D eigenvalue weighted by molar-refractivity contribution is -0.123. The van der Waals surface area contributed by atoms with Gasteiger partial charge in [0.25, 0.3) is 5.91 Å². The predicted molar refractivity (Wildman–Crippen MR) is 84.7 cm³/mol. The molecule has 21 heavy (non-hydrogen) atoms. The molecule has 2 rings (SSSR count). The van der Waals surface area contributed by atoms with Crippen molar-refractivity contribution in [2.45, 2.75) is 19.9 Å². The van der Waals surface area contributed by atoms with E-state index in [1.54, 1.807) is 24.3 Å². The maximum atomic E-state index is 11.9. The first kappa shape index (κ1) is 15.4. The number of halogens is 1. The number of rotatable bonds is 5. The summed E-state index contributed by atoms with van der Waals surface area (Å²) in [5.74, 6) is 0.420. The smallest absolute Gasteiger partial charge is 0.258 e. The number of hydrogen-bond acceptors (Lipinski definition) is 2. The van der Waals surface area contributed by atoms with E-state index in [4.69, 9.17) is 16.3 Å². The van der Waals surface area contributed by atoms with Crippen molar-refractivity contribution in [1.82, 2.24) is 5.32 Å². The van der Waals surface area contributed by atoms with E-state index in [1.807, 2.05) is 38.1 Å². The fourth-order valence-corrected chi connectivity index (χ4v) is 2.11. The minimum absolute atomic E-state index is 0.0312. The molecule has 0 aliphatic heterocycles. The fraction of sp³-hybridized carbons (Fsp3) is 0.235. The largest absolute Gasteiger partial charge is 0.484 e. The van der Waals surface area contributed by atoms with E-state index in [0.29, 0.717) is 10.8 Å². The summed E-state index contributed by atoms with van der Waals surface area (Å²) in [6.45, 7) is 3.95. The zero-order valence-corrected chi connectivity index (χ0v) is 12.9. The molecule has 3 nitrogen and oxygen atoms in total. The number of carbonyl (C=O) groups is 1. The number of aryl methyl sites for hydroxylation is 1. The molecule has 110 valence electrons. The molecule has 0 aliphatic carbocycles. The van der Waals surface area contributed by atoms with Gasteiger partial charge < -0.3 is 10.1 Å². The van der Waals surface area contributed by atoms with Crippen molar-refractivity contribution >= 4 is 17.5 Å². The minimum Gasteiger partial charge on any atom is -0.484 e. The lowest BCUT2D eigenvalue weighted by atomic mass is 10.1. The van der Waals surface area contributed by atoms with Crippen LogP contribution in [0.25, 0.3) is 0 Å². The van der Waals surface area contributed by atoms with E-state index in [1.165, 1.54) is 5.56 Å². The van der Waals surface area contributed by atoms with Gasteiger partial charge in [-0.15, -0.1) is 0 Å². The van der Waals surface area contributed by atoms with Gasteiger partial charge in [-0.2, -0.15) is 0 Å². The van der Waals surface area contributed by atoms with Crippen LogP contribution in [0.2, 0.25) is 5.02 Å². The highest BCUT2D eigenvalue weighted by Gasteiger charge is 2.10. The molecule has 0 radical (unpaired) electrons. The van der Waals surface area contributed by atoms with E-state index >= 15 is 0 Å². The Morgan fingerprint density at radius 1 is 1.24 bits per heavy atom. The van der Waals surface area contributed by atoms with Crippen molar-refractivity contribution in [2.75, 3.05) is 6.61 Å². The molecule has 1 atom stereocenters. The lowest BCUT2D eigenvalue weighted by Gasteiger charge is -2.15. The third kappa shape index (κ3) is 4.80. The lowest BCUT2D eigenvalue weighted by Crippen LogP contribution is -2.31. The van der Waals surface area contributed by atoms with Gasteiger partial charge >= 0.3 is 0 Å². The number of benzene rings is 2. The molecule has 2 aromatic carbocycles. The van der Waals surface area contributed by atoms with Gasteiger partial charge in [0.2, 0.25) is 0 Å². The molecule has 0 saturated carbocycles. The highest BCUT2D eigenvalue weighted by Crippen LogP contribution is 2.17. The Balaban J connectivity index is 1.85. The van der Waals surface area contributed by atoms with Crippen molar-refractivity contribution in [3.63, 3.8) is 0 Å². The van der Waals surface area contributed by atoms with Crippen molar-refractivity contribution in [2.24, 2.45) is 0 Å². The van der Waals surface area contributed by atoms with Crippen LogP contribution in [-0.4, -0.2) is 12.5 Å². The molecule has 0 aromatic heterocycles. The summed E-state index contributed by atoms with van der Waals surface area (Å²) < 4.78 is 5.41. The second-order valence-electron chi connectivity index (χ2n) is 4.95. The fourth-order valence-electron chi connectivity index (χ4n) is 1.93. The van der Waals surface area contributed by atoms with E-state index in [9.17, 15) is 4.79 Å². The normalized spacial score (nSPS) is 11.8. The second-order valence-corrected chi connectivity index (χ2v) is 5.38. The topological polar surface area (TPSA) is 38.3 Å². The molecular formula is C17H18ClNO2. The van der Waals surface area contributed by atoms with E-state index in [2.05, 4.69) is 5.32 Å². The molecule has 0 bridgehead atoms. The Hall–Kier alpha value is -2.00. The summed E-state index contributed by atoms with van der Waals surface area (Å²) in [6.07, 6.45) is 0. The van der Waals surface area contributed by atoms with Gasteiger partial charge in [0.05, 0.1) is 6.04 Å². The number of ether oxygens (including phenoxy) is 1. The average Bonchev–Trinajstić information content (AvgIpc) is 2.46. The van der Waals surface area contributed by atoms with Crippen LogP contribution in [0.5, 0.6) is 5.75 Å². The first-order chi connectivity index (χ1) is 10.0. The molecule has 1 unspecified atom stereocenters. The zero-order valence-electron chi connectivity index (χ0n) is 12.1. The van der Waals surface area contributed by atoms with Gasteiger partial charge in [-0.25, -0.2) is 0 Å². The maximum absolute atomic E-state index is 11.9.